The van der Waals surface area contributed by atoms with E-state index >= 15 is 0 Å². The Bertz CT molecular complexity index is 569. The van der Waals surface area contributed by atoms with Crippen molar-refractivity contribution in [2.24, 2.45) is 0 Å². The molecule has 0 aliphatic carbocycles. The first-order chi connectivity index (χ1) is 7.75. The predicted molar refractivity (Wildman–Crippen MR) is 60.6 cm³/mol. The molecule has 3 heteroatoms. The lowest BCUT2D eigenvalue weighted by Crippen LogP contribution is -2.03. The molecule has 0 fully saturated rings. The summed E-state index contributed by atoms with van der Waals surface area (Å²) in [5, 5.41) is 0. The molecule has 0 atom stereocenters. The summed E-state index contributed by atoms with van der Waals surface area (Å²) in [5.74, 6) is 0.916. The highest BCUT2D eigenvalue weighted by Crippen LogP contribution is 2.36. The molecule has 80 valence electrons. The molecule has 3 rings (SSSR count). The van der Waals surface area contributed by atoms with Gasteiger partial charge in [0.05, 0.1) is 11.4 Å². The number of nitrogens with one attached hydrogen (secondary N) is 1. The first-order valence-electron chi connectivity index (χ1n) is 5.21. The molecule has 3 nitrogen and oxygen atoms in total. The standard InChI is InChI=1S/C13H11NO2/c1-8(15)11-6-9-7-16-12-5-3-2-4-10(12)13(9)14-11/h2-6,14H,7H2,1H3. The van der Waals surface area contributed by atoms with Gasteiger partial charge in [-0.15, -0.1) is 0 Å². The van der Waals surface area contributed by atoms with Gasteiger partial charge in [0.25, 0.3) is 0 Å². The van der Waals surface area contributed by atoms with Crippen molar-refractivity contribution in [2.45, 2.75) is 13.5 Å². The number of aromatic amines is 1. The maximum absolute atomic E-state index is 11.3. The Hall–Kier alpha value is -2.03. The Morgan fingerprint density at radius 3 is 3.00 bits per heavy atom. The summed E-state index contributed by atoms with van der Waals surface area (Å²) >= 11 is 0. The SMILES string of the molecule is CC(=O)c1cc2c([nH]1)-c1ccccc1OC2. The average Bonchev–Trinajstić information content (AvgIpc) is 2.73. The molecule has 1 aliphatic rings. The van der Waals surface area contributed by atoms with E-state index in [1.807, 2.05) is 30.3 Å². The number of fused-ring (bicyclic) bond motifs is 3. The summed E-state index contributed by atoms with van der Waals surface area (Å²) in [6.45, 7) is 2.08. The smallest absolute Gasteiger partial charge is 0.175 e. The number of carbonyl (C=O) groups excluding carboxylic acids is 1. The van der Waals surface area contributed by atoms with E-state index in [-0.39, 0.29) is 5.78 Å². The molecule has 0 unspecified atom stereocenters. The third-order valence-electron chi connectivity index (χ3n) is 2.82. The third-order valence-corrected chi connectivity index (χ3v) is 2.82. The Balaban J connectivity index is 2.20. The minimum Gasteiger partial charge on any atom is -0.488 e. The normalized spacial score (nSPS) is 12.6. The molecular weight excluding hydrogens is 202 g/mol. The fourth-order valence-corrected chi connectivity index (χ4v) is 2.00. The molecule has 2 heterocycles. The van der Waals surface area contributed by atoms with Gasteiger partial charge in [0.2, 0.25) is 0 Å². The highest BCUT2D eigenvalue weighted by molar-refractivity contribution is 5.94. The second kappa shape index (κ2) is 3.23. The van der Waals surface area contributed by atoms with Crippen LogP contribution in [-0.2, 0) is 6.61 Å². The number of carbonyl (C=O) groups is 1. The molecule has 0 amide bonds. The van der Waals surface area contributed by atoms with Crippen LogP contribution in [0.15, 0.2) is 30.3 Å². The Morgan fingerprint density at radius 1 is 1.38 bits per heavy atom. The van der Waals surface area contributed by atoms with Crippen LogP contribution in [0.1, 0.15) is 23.0 Å². The monoisotopic (exact) mass is 213 g/mol. The van der Waals surface area contributed by atoms with Crippen molar-refractivity contribution >= 4 is 5.78 Å². The van der Waals surface area contributed by atoms with Gasteiger partial charge in [-0.25, -0.2) is 0 Å². The lowest BCUT2D eigenvalue weighted by molar-refractivity contribution is 0.101. The van der Waals surface area contributed by atoms with Crippen molar-refractivity contribution in [2.75, 3.05) is 0 Å². The maximum atomic E-state index is 11.3. The lowest BCUT2D eigenvalue weighted by Gasteiger charge is -2.16. The van der Waals surface area contributed by atoms with E-state index in [0.717, 1.165) is 22.6 Å². The summed E-state index contributed by atoms with van der Waals surface area (Å²) in [7, 11) is 0. The van der Waals surface area contributed by atoms with Crippen LogP contribution in [0.5, 0.6) is 5.75 Å². The molecule has 1 aliphatic heterocycles. The quantitative estimate of drug-likeness (QED) is 0.740. The molecule has 1 aromatic carbocycles. The fourth-order valence-electron chi connectivity index (χ4n) is 2.00. The highest BCUT2D eigenvalue weighted by atomic mass is 16.5. The number of ether oxygens (including phenoxy) is 1. The highest BCUT2D eigenvalue weighted by Gasteiger charge is 2.20. The van der Waals surface area contributed by atoms with E-state index in [1.54, 1.807) is 6.92 Å². The fraction of sp³-hybridized carbons (Fsp3) is 0.154. The topological polar surface area (TPSA) is 42.1 Å². The van der Waals surface area contributed by atoms with Gasteiger partial charge in [-0.05, 0) is 18.2 Å². The predicted octanol–water partition coefficient (Wildman–Crippen LogP) is 2.78. The zero-order valence-corrected chi connectivity index (χ0v) is 8.91. The van der Waals surface area contributed by atoms with E-state index in [9.17, 15) is 4.79 Å². The van der Waals surface area contributed by atoms with Crippen LogP contribution in [-0.4, -0.2) is 10.8 Å². The van der Waals surface area contributed by atoms with Crippen LogP contribution < -0.4 is 4.74 Å². The number of benzene rings is 1. The summed E-state index contributed by atoms with van der Waals surface area (Å²) in [4.78, 5) is 14.5. The molecule has 0 bridgehead atoms. The van der Waals surface area contributed by atoms with Gasteiger partial charge in [0, 0.05) is 18.1 Å². The Kier molecular flexibility index (Phi) is 1.86. The van der Waals surface area contributed by atoms with E-state index in [2.05, 4.69) is 4.98 Å². The number of Topliss-reactive ketones (excluding diaryl/α,β-unsaturated/α-hetero) is 1. The number of hydrogen-bond acceptors (Lipinski definition) is 2. The maximum Gasteiger partial charge on any atom is 0.175 e. The molecule has 1 N–H and O–H groups in total. The number of ketones is 1. The van der Waals surface area contributed by atoms with Crippen molar-refractivity contribution in [3.63, 3.8) is 0 Å². The molecule has 0 spiro atoms. The van der Waals surface area contributed by atoms with Crippen molar-refractivity contribution in [1.29, 1.82) is 0 Å². The van der Waals surface area contributed by atoms with Gasteiger partial charge in [0.15, 0.2) is 5.78 Å². The number of aromatic nitrogens is 1. The summed E-state index contributed by atoms with van der Waals surface area (Å²) in [6.07, 6.45) is 0. The van der Waals surface area contributed by atoms with Gasteiger partial charge in [-0.2, -0.15) is 0 Å². The van der Waals surface area contributed by atoms with Gasteiger partial charge in [-0.3, -0.25) is 4.79 Å². The number of H-pyrrole nitrogens is 1. The first kappa shape index (κ1) is 9.21. The van der Waals surface area contributed by atoms with E-state index < -0.39 is 0 Å². The van der Waals surface area contributed by atoms with Crippen molar-refractivity contribution in [1.82, 2.24) is 4.98 Å². The lowest BCUT2D eigenvalue weighted by atomic mass is 10.1. The summed E-state index contributed by atoms with van der Waals surface area (Å²) in [6, 6.07) is 9.71. The summed E-state index contributed by atoms with van der Waals surface area (Å²) < 4.78 is 5.61. The van der Waals surface area contributed by atoms with Gasteiger partial charge < -0.3 is 9.72 Å². The molecule has 0 radical (unpaired) electrons. The van der Waals surface area contributed by atoms with Crippen LogP contribution >= 0.6 is 0 Å². The van der Waals surface area contributed by atoms with Crippen LogP contribution in [0.2, 0.25) is 0 Å². The van der Waals surface area contributed by atoms with E-state index in [1.165, 1.54) is 0 Å². The Morgan fingerprint density at radius 2 is 2.19 bits per heavy atom. The zero-order valence-electron chi connectivity index (χ0n) is 8.91. The summed E-state index contributed by atoms with van der Waals surface area (Å²) in [5.41, 5.74) is 3.72. The second-order valence-corrected chi connectivity index (χ2v) is 3.92. The number of para-hydroxylation sites is 1. The molecule has 1 aromatic heterocycles. The van der Waals surface area contributed by atoms with E-state index in [4.69, 9.17) is 4.74 Å². The van der Waals surface area contributed by atoms with Gasteiger partial charge >= 0.3 is 0 Å². The van der Waals surface area contributed by atoms with Crippen LogP contribution in [0.4, 0.5) is 0 Å². The molecule has 16 heavy (non-hydrogen) atoms. The minimum absolute atomic E-state index is 0.0480. The van der Waals surface area contributed by atoms with Crippen LogP contribution in [0.25, 0.3) is 11.3 Å². The largest absolute Gasteiger partial charge is 0.488 e. The first-order valence-corrected chi connectivity index (χ1v) is 5.21. The van der Waals surface area contributed by atoms with Crippen LogP contribution in [0.3, 0.4) is 0 Å². The van der Waals surface area contributed by atoms with Gasteiger partial charge in [0.1, 0.15) is 12.4 Å². The Labute approximate surface area is 93.1 Å². The number of hydrogen-bond donors (Lipinski definition) is 1. The van der Waals surface area contributed by atoms with E-state index in [0.29, 0.717) is 12.3 Å². The van der Waals surface area contributed by atoms with Crippen molar-refractivity contribution in [3.05, 3.63) is 41.6 Å². The second-order valence-electron chi connectivity index (χ2n) is 3.92. The molecule has 0 saturated carbocycles. The minimum atomic E-state index is 0.0480. The molecule has 0 saturated heterocycles. The molecule has 2 aromatic rings. The van der Waals surface area contributed by atoms with Crippen molar-refractivity contribution < 1.29 is 9.53 Å². The molecular formula is C13H11NO2. The van der Waals surface area contributed by atoms with Crippen LogP contribution in [0, 0.1) is 0 Å². The number of rotatable bonds is 1. The zero-order chi connectivity index (χ0) is 11.1. The average molecular weight is 213 g/mol. The van der Waals surface area contributed by atoms with Crippen molar-refractivity contribution in [3.8, 4) is 17.0 Å². The third kappa shape index (κ3) is 1.25. The van der Waals surface area contributed by atoms with Gasteiger partial charge in [-0.1, -0.05) is 12.1 Å².